The monoisotopic (exact) mass is 346 g/mol. The number of unbranched alkanes of at least 4 members (excludes halogenated alkanes) is 1. The molecule has 4 aliphatic rings. The van der Waals surface area contributed by atoms with E-state index in [0.717, 1.165) is 25.2 Å². The van der Waals surface area contributed by atoms with Crippen LogP contribution < -0.4 is 0 Å². The van der Waals surface area contributed by atoms with Crippen molar-refractivity contribution in [2.24, 2.45) is 40.4 Å². The normalized spacial score (nSPS) is 49.4. The minimum absolute atomic E-state index is 0.329. The Balaban J connectivity index is 1.56. The van der Waals surface area contributed by atoms with Gasteiger partial charge in [0.25, 0.3) is 0 Å². The van der Waals surface area contributed by atoms with Crippen LogP contribution in [0.2, 0.25) is 0 Å². The molecule has 2 nitrogen and oxygen atoms in total. The Morgan fingerprint density at radius 1 is 0.960 bits per heavy atom. The van der Waals surface area contributed by atoms with Crippen LogP contribution in [0.1, 0.15) is 90.9 Å². The SMILES string of the molecule is CC12CCC3C(C(=O)CC4CCCCC43C)C1CCC2CCCCO. The van der Waals surface area contributed by atoms with Crippen molar-refractivity contribution in [2.45, 2.75) is 90.9 Å². The lowest BCUT2D eigenvalue weighted by atomic mass is 9.44. The second-order valence-corrected chi connectivity index (χ2v) is 10.4. The Kier molecular flexibility index (Phi) is 4.80. The Morgan fingerprint density at radius 2 is 1.76 bits per heavy atom. The van der Waals surface area contributed by atoms with Gasteiger partial charge in [0, 0.05) is 18.9 Å². The van der Waals surface area contributed by atoms with Crippen LogP contribution in [0.25, 0.3) is 0 Å². The van der Waals surface area contributed by atoms with Crippen LogP contribution in [0.3, 0.4) is 0 Å². The van der Waals surface area contributed by atoms with E-state index in [4.69, 9.17) is 5.11 Å². The zero-order valence-corrected chi connectivity index (χ0v) is 16.4. The van der Waals surface area contributed by atoms with Crippen molar-refractivity contribution in [2.75, 3.05) is 6.61 Å². The van der Waals surface area contributed by atoms with Crippen LogP contribution in [0.15, 0.2) is 0 Å². The lowest BCUT2D eigenvalue weighted by molar-refractivity contribution is -0.155. The quantitative estimate of drug-likeness (QED) is 0.694. The zero-order valence-electron chi connectivity index (χ0n) is 16.4. The maximum absolute atomic E-state index is 13.2. The first-order valence-electron chi connectivity index (χ1n) is 11.1. The number of rotatable bonds is 4. The number of fused-ring (bicyclic) bond motifs is 5. The highest BCUT2D eigenvalue weighted by Crippen LogP contribution is 2.67. The predicted octanol–water partition coefficient (Wildman–Crippen LogP) is 5.38. The number of ketones is 1. The van der Waals surface area contributed by atoms with Crippen LogP contribution in [0, 0.1) is 40.4 Å². The minimum atomic E-state index is 0.329. The molecule has 1 N–H and O–H groups in total. The van der Waals surface area contributed by atoms with Gasteiger partial charge < -0.3 is 5.11 Å². The number of carbonyl (C=O) groups is 1. The van der Waals surface area contributed by atoms with Gasteiger partial charge in [-0.3, -0.25) is 4.79 Å². The van der Waals surface area contributed by atoms with Gasteiger partial charge in [0.1, 0.15) is 5.78 Å². The maximum atomic E-state index is 13.2. The summed E-state index contributed by atoms with van der Waals surface area (Å²) >= 11 is 0. The standard InChI is InChI=1S/C23H38O2/c1-22-12-5-3-8-17(22)15-20(25)21-18-10-9-16(7-4-6-14-24)23(18,2)13-11-19(21)22/h16-19,21,24H,3-15H2,1-2H3. The van der Waals surface area contributed by atoms with E-state index >= 15 is 0 Å². The Bertz CT molecular complexity index is 514. The van der Waals surface area contributed by atoms with Crippen LogP contribution in [0.5, 0.6) is 0 Å². The number of Topliss-reactive ketones (excluding diaryl/α,β-unsaturated/α-hetero) is 1. The first kappa shape index (κ1) is 18.0. The molecule has 0 spiro atoms. The van der Waals surface area contributed by atoms with Gasteiger partial charge in [0.15, 0.2) is 0 Å². The van der Waals surface area contributed by atoms with E-state index < -0.39 is 0 Å². The summed E-state index contributed by atoms with van der Waals surface area (Å²) in [6.07, 6.45) is 14.9. The summed E-state index contributed by atoms with van der Waals surface area (Å²) in [7, 11) is 0. The highest BCUT2D eigenvalue weighted by Gasteiger charge is 2.61. The van der Waals surface area contributed by atoms with Gasteiger partial charge in [-0.1, -0.05) is 33.1 Å². The summed E-state index contributed by atoms with van der Waals surface area (Å²) < 4.78 is 0. The number of hydrogen-bond donors (Lipinski definition) is 1. The average Bonchev–Trinajstić information content (AvgIpc) is 2.92. The van der Waals surface area contributed by atoms with Crippen molar-refractivity contribution in [3.63, 3.8) is 0 Å². The average molecular weight is 347 g/mol. The molecule has 0 aromatic heterocycles. The summed E-state index contributed by atoms with van der Waals surface area (Å²) in [5.41, 5.74) is 0.845. The molecule has 0 heterocycles. The van der Waals surface area contributed by atoms with E-state index in [9.17, 15) is 4.79 Å². The molecule has 0 aliphatic heterocycles. The molecular formula is C23H38O2. The highest BCUT2D eigenvalue weighted by molar-refractivity contribution is 5.83. The summed E-state index contributed by atoms with van der Waals surface area (Å²) in [4.78, 5) is 13.2. The fourth-order valence-corrected chi connectivity index (χ4v) is 8.05. The molecule has 4 fully saturated rings. The lowest BCUT2D eigenvalue weighted by Gasteiger charge is -2.59. The lowest BCUT2D eigenvalue weighted by Crippen LogP contribution is -2.56. The molecule has 0 amide bonds. The van der Waals surface area contributed by atoms with Gasteiger partial charge in [-0.25, -0.2) is 0 Å². The second-order valence-electron chi connectivity index (χ2n) is 10.4. The topological polar surface area (TPSA) is 37.3 Å². The Morgan fingerprint density at radius 3 is 2.56 bits per heavy atom. The molecule has 7 unspecified atom stereocenters. The van der Waals surface area contributed by atoms with Crippen molar-refractivity contribution >= 4 is 5.78 Å². The smallest absolute Gasteiger partial charge is 0.136 e. The Labute approximate surface area is 154 Å². The molecular weight excluding hydrogens is 308 g/mol. The Hall–Kier alpha value is -0.370. The molecule has 4 saturated carbocycles. The summed E-state index contributed by atoms with van der Waals surface area (Å²) in [5.74, 6) is 3.81. The first-order valence-corrected chi connectivity index (χ1v) is 11.1. The van der Waals surface area contributed by atoms with Gasteiger partial charge in [0.05, 0.1) is 0 Å². The zero-order chi connectivity index (χ0) is 17.7. The number of hydrogen-bond acceptors (Lipinski definition) is 2. The predicted molar refractivity (Wildman–Crippen MR) is 101 cm³/mol. The number of aliphatic hydroxyl groups is 1. The largest absolute Gasteiger partial charge is 0.396 e. The van der Waals surface area contributed by atoms with Crippen LogP contribution >= 0.6 is 0 Å². The van der Waals surface area contributed by atoms with E-state index in [1.54, 1.807) is 0 Å². The van der Waals surface area contributed by atoms with E-state index in [1.165, 1.54) is 57.8 Å². The molecule has 25 heavy (non-hydrogen) atoms. The van der Waals surface area contributed by atoms with Gasteiger partial charge in [0.2, 0.25) is 0 Å². The minimum Gasteiger partial charge on any atom is -0.396 e. The second kappa shape index (κ2) is 6.66. The van der Waals surface area contributed by atoms with Crippen molar-refractivity contribution in [3.05, 3.63) is 0 Å². The number of carbonyl (C=O) groups excluding carboxylic acids is 1. The molecule has 2 heteroatoms. The summed E-state index contributed by atoms with van der Waals surface area (Å²) in [6, 6.07) is 0. The van der Waals surface area contributed by atoms with Crippen molar-refractivity contribution in [1.29, 1.82) is 0 Å². The molecule has 0 saturated heterocycles. The van der Waals surface area contributed by atoms with Crippen LogP contribution in [-0.2, 0) is 4.79 Å². The van der Waals surface area contributed by atoms with Crippen LogP contribution in [-0.4, -0.2) is 17.5 Å². The third-order valence-corrected chi connectivity index (χ3v) is 9.54. The highest BCUT2D eigenvalue weighted by atomic mass is 16.2. The molecule has 0 aromatic carbocycles. The third-order valence-electron chi connectivity index (χ3n) is 9.54. The molecule has 7 atom stereocenters. The van der Waals surface area contributed by atoms with Crippen molar-refractivity contribution < 1.29 is 9.90 Å². The van der Waals surface area contributed by atoms with Crippen molar-refractivity contribution in [1.82, 2.24) is 0 Å². The molecule has 0 aromatic rings. The summed E-state index contributed by atoms with van der Waals surface area (Å²) in [5, 5.41) is 9.12. The van der Waals surface area contributed by atoms with Gasteiger partial charge in [-0.05, 0) is 85.9 Å². The fourth-order valence-electron chi connectivity index (χ4n) is 8.05. The third kappa shape index (κ3) is 2.73. The van der Waals surface area contributed by atoms with Gasteiger partial charge in [-0.2, -0.15) is 0 Å². The molecule has 0 bridgehead atoms. The fraction of sp³-hybridized carbons (Fsp3) is 0.957. The molecule has 142 valence electrons. The van der Waals surface area contributed by atoms with E-state index in [-0.39, 0.29) is 0 Å². The first-order chi connectivity index (χ1) is 12.0. The molecule has 4 aliphatic carbocycles. The van der Waals surface area contributed by atoms with E-state index in [1.807, 2.05) is 0 Å². The molecule has 0 radical (unpaired) electrons. The molecule has 4 rings (SSSR count). The van der Waals surface area contributed by atoms with Crippen molar-refractivity contribution in [3.8, 4) is 0 Å². The van der Waals surface area contributed by atoms with E-state index in [0.29, 0.717) is 46.9 Å². The van der Waals surface area contributed by atoms with Crippen LogP contribution in [0.4, 0.5) is 0 Å². The maximum Gasteiger partial charge on any atom is 0.136 e. The van der Waals surface area contributed by atoms with Gasteiger partial charge >= 0.3 is 0 Å². The van der Waals surface area contributed by atoms with E-state index in [2.05, 4.69) is 13.8 Å². The summed E-state index contributed by atoms with van der Waals surface area (Å²) in [6.45, 7) is 5.40. The van der Waals surface area contributed by atoms with Gasteiger partial charge in [-0.15, -0.1) is 0 Å². The number of aliphatic hydroxyl groups excluding tert-OH is 1.